The van der Waals surface area contributed by atoms with E-state index < -0.39 is 40.9 Å². The average Bonchev–Trinajstić information content (AvgIpc) is 3.10. The molecule has 0 saturated heterocycles. The van der Waals surface area contributed by atoms with E-state index in [9.17, 15) is 26.3 Å². The first-order valence-corrected chi connectivity index (χ1v) is 9.82. The van der Waals surface area contributed by atoms with Gasteiger partial charge in [0.25, 0.3) is 0 Å². The number of hydrogen-bond acceptors (Lipinski definition) is 3. The normalized spacial score (nSPS) is 12.9. The van der Waals surface area contributed by atoms with Crippen molar-refractivity contribution < 1.29 is 40.6 Å². The van der Waals surface area contributed by atoms with Gasteiger partial charge in [-0.15, -0.1) is 8.78 Å². The van der Waals surface area contributed by atoms with Crippen LogP contribution in [0.25, 0.3) is 11.6 Å². The number of fused-ring (bicyclic) bond motifs is 1. The van der Waals surface area contributed by atoms with E-state index in [2.05, 4.69) is 9.47 Å². The van der Waals surface area contributed by atoms with Crippen LogP contribution >= 0.6 is 0 Å². The SMILES string of the molecule is CCOc1ccccc1OC(F)(F)Oc1cc(F)c(C2=Cc3cc(F)c(F)cc3C2)c(F)c1. The lowest BCUT2D eigenvalue weighted by Crippen LogP contribution is -2.32. The molecule has 0 unspecified atom stereocenters. The fraction of sp³-hybridized carbons (Fsp3) is 0.167. The molecular weight excluding hydrogens is 450 g/mol. The molecule has 3 aromatic rings. The maximum atomic E-state index is 14.7. The van der Waals surface area contributed by atoms with Crippen LogP contribution in [-0.4, -0.2) is 12.9 Å². The predicted molar refractivity (Wildman–Crippen MR) is 108 cm³/mol. The van der Waals surface area contributed by atoms with Gasteiger partial charge in [0.05, 0.1) is 6.61 Å². The third-order valence-corrected chi connectivity index (χ3v) is 4.84. The topological polar surface area (TPSA) is 27.7 Å². The Kier molecular flexibility index (Phi) is 5.97. The molecular formula is C24H16F6O3. The van der Waals surface area contributed by atoms with E-state index in [1.165, 1.54) is 24.3 Å². The number of hydrogen-bond donors (Lipinski definition) is 0. The smallest absolute Gasteiger partial charge is 0.490 e. The molecule has 4 rings (SSSR count). The number of halogens is 6. The molecule has 0 amide bonds. The Balaban J connectivity index is 1.56. The molecule has 0 atom stereocenters. The van der Waals surface area contributed by atoms with Crippen molar-refractivity contribution in [3.05, 3.63) is 88.5 Å². The molecule has 0 heterocycles. The lowest BCUT2D eigenvalue weighted by molar-refractivity contribution is -0.308. The van der Waals surface area contributed by atoms with Crippen molar-refractivity contribution in [2.45, 2.75) is 19.6 Å². The largest absolute Gasteiger partial charge is 0.586 e. The van der Waals surface area contributed by atoms with Crippen LogP contribution < -0.4 is 14.2 Å². The Hall–Kier alpha value is -3.62. The van der Waals surface area contributed by atoms with E-state index in [4.69, 9.17) is 4.74 Å². The average molecular weight is 466 g/mol. The summed E-state index contributed by atoms with van der Waals surface area (Å²) in [6.07, 6.45) is -3.03. The van der Waals surface area contributed by atoms with Crippen LogP contribution in [0.2, 0.25) is 0 Å². The van der Waals surface area contributed by atoms with E-state index in [0.717, 1.165) is 12.1 Å². The highest BCUT2D eigenvalue weighted by Crippen LogP contribution is 2.38. The Labute approximate surface area is 184 Å². The molecule has 1 aliphatic rings. The van der Waals surface area contributed by atoms with Gasteiger partial charge in [-0.1, -0.05) is 18.2 Å². The summed E-state index contributed by atoms with van der Waals surface area (Å²) in [4.78, 5) is 0. The highest BCUT2D eigenvalue weighted by molar-refractivity contribution is 5.89. The summed E-state index contributed by atoms with van der Waals surface area (Å²) in [5, 5.41) is 0. The van der Waals surface area contributed by atoms with Crippen molar-refractivity contribution in [2.24, 2.45) is 0 Å². The summed E-state index contributed by atoms with van der Waals surface area (Å²) in [7, 11) is 0. The fourth-order valence-corrected chi connectivity index (χ4v) is 3.51. The molecule has 0 bridgehead atoms. The molecule has 0 N–H and O–H groups in total. The Morgan fingerprint density at radius 3 is 2.12 bits per heavy atom. The standard InChI is InChI=1S/C24H16F6O3/c1-2-31-21-5-3-4-6-22(21)33-24(29,30)32-16-11-19(27)23(20(28)12-16)15-7-13-9-17(25)18(26)10-14(13)8-15/h3-7,9-12H,2,8H2,1H3. The molecule has 33 heavy (non-hydrogen) atoms. The van der Waals surface area contributed by atoms with Crippen LogP contribution in [0.1, 0.15) is 23.6 Å². The molecule has 0 radical (unpaired) electrons. The second-order valence-electron chi connectivity index (χ2n) is 7.12. The molecule has 0 saturated carbocycles. The Morgan fingerprint density at radius 2 is 1.45 bits per heavy atom. The molecule has 0 aromatic heterocycles. The zero-order chi connectivity index (χ0) is 23.8. The lowest BCUT2D eigenvalue weighted by atomic mass is 10.0. The zero-order valence-electron chi connectivity index (χ0n) is 17.1. The van der Waals surface area contributed by atoms with Crippen LogP contribution in [0.3, 0.4) is 0 Å². The van der Waals surface area contributed by atoms with E-state index in [1.54, 1.807) is 13.0 Å². The summed E-state index contributed by atoms with van der Waals surface area (Å²) in [6.45, 7) is 1.85. The van der Waals surface area contributed by atoms with E-state index in [0.29, 0.717) is 17.7 Å². The van der Waals surface area contributed by atoms with Crippen LogP contribution in [0.15, 0.2) is 48.5 Å². The summed E-state index contributed by atoms with van der Waals surface area (Å²) >= 11 is 0. The van der Waals surface area contributed by atoms with Crippen LogP contribution in [-0.2, 0) is 6.42 Å². The number of rotatable bonds is 7. The van der Waals surface area contributed by atoms with Gasteiger partial charge in [-0.25, -0.2) is 17.6 Å². The fourth-order valence-electron chi connectivity index (χ4n) is 3.51. The molecule has 9 heteroatoms. The molecule has 1 aliphatic carbocycles. The summed E-state index contributed by atoms with van der Waals surface area (Å²) in [5.74, 6) is -5.65. The highest BCUT2D eigenvalue weighted by atomic mass is 19.3. The van der Waals surface area contributed by atoms with Crippen LogP contribution in [0.4, 0.5) is 26.3 Å². The van der Waals surface area contributed by atoms with E-state index >= 15 is 0 Å². The van der Waals surface area contributed by atoms with Gasteiger partial charge >= 0.3 is 6.29 Å². The first kappa shape index (κ1) is 22.6. The Morgan fingerprint density at radius 1 is 0.818 bits per heavy atom. The maximum absolute atomic E-state index is 14.7. The second kappa shape index (κ2) is 8.73. The van der Waals surface area contributed by atoms with Crippen molar-refractivity contribution >= 4 is 11.6 Å². The van der Waals surface area contributed by atoms with Gasteiger partial charge in [0.2, 0.25) is 0 Å². The van der Waals surface area contributed by atoms with Crippen molar-refractivity contribution in [2.75, 3.05) is 6.61 Å². The number of alkyl halides is 2. The van der Waals surface area contributed by atoms with Gasteiger partial charge < -0.3 is 14.2 Å². The van der Waals surface area contributed by atoms with E-state index in [1.807, 2.05) is 0 Å². The van der Waals surface area contributed by atoms with Crippen molar-refractivity contribution in [1.29, 1.82) is 0 Å². The number of benzene rings is 3. The molecule has 0 spiro atoms. The highest BCUT2D eigenvalue weighted by Gasteiger charge is 2.37. The summed E-state index contributed by atoms with van der Waals surface area (Å²) < 4.78 is 99.0. The van der Waals surface area contributed by atoms with Crippen molar-refractivity contribution in [1.82, 2.24) is 0 Å². The number of para-hydroxylation sites is 2. The molecule has 3 aromatic carbocycles. The lowest BCUT2D eigenvalue weighted by Gasteiger charge is -2.20. The molecule has 172 valence electrons. The third kappa shape index (κ3) is 4.76. The second-order valence-corrected chi connectivity index (χ2v) is 7.12. The quantitative estimate of drug-likeness (QED) is 0.285. The first-order chi connectivity index (χ1) is 15.7. The van der Waals surface area contributed by atoms with Gasteiger partial charge in [0.1, 0.15) is 17.4 Å². The van der Waals surface area contributed by atoms with Gasteiger partial charge in [0, 0.05) is 17.7 Å². The molecule has 0 fully saturated rings. The molecule has 3 nitrogen and oxygen atoms in total. The summed E-state index contributed by atoms with van der Waals surface area (Å²) in [6, 6.07) is 8.65. The Bertz CT molecular complexity index is 1220. The van der Waals surface area contributed by atoms with Gasteiger partial charge in [-0.05, 0) is 54.3 Å². The van der Waals surface area contributed by atoms with Crippen LogP contribution in [0.5, 0.6) is 17.2 Å². The minimum Gasteiger partial charge on any atom is -0.490 e. The van der Waals surface area contributed by atoms with Gasteiger partial charge in [0.15, 0.2) is 23.1 Å². The van der Waals surface area contributed by atoms with Gasteiger partial charge in [-0.2, -0.15) is 0 Å². The number of ether oxygens (including phenoxy) is 3. The number of allylic oxidation sites excluding steroid dienone is 1. The van der Waals surface area contributed by atoms with Crippen molar-refractivity contribution in [3.8, 4) is 17.2 Å². The monoisotopic (exact) mass is 466 g/mol. The summed E-state index contributed by atoms with van der Waals surface area (Å²) in [5.41, 5.74) is 0.211. The van der Waals surface area contributed by atoms with Gasteiger partial charge in [-0.3, -0.25) is 0 Å². The predicted octanol–water partition coefficient (Wildman–Crippen LogP) is 6.75. The minimum atomic E-state index is -4.27. The maximum Gasteiger partial charge on any atom is 0.586 e. The third-order valence-electron chi connectivity index (χ3n) is 4.84. The van der Waals surface area contributed by atoms with Crippen LogP contribution in [0, 0.1) is 23.3 Å². The van der Waals surface area contributed by atoms with E-state index in [-0.39, 0.29) is 35.7 Å². The van der Waals surface area contributed by atoms with Crippen molar-refractivity contribution in [3.63, 3.8) is 0 Å². The first-order valence-electron chi connectivity index (χ1n) is 9.82. The molecule has 0 aliphatic heterocycles. The zero-order valence-corrected chi connectivity index (χ0v) is 17.1. The minimum absolute atomic E-state index is 0.0385.